The number of hydrogen-bond donors (Lipinski definition) is 0. The summed E-state index contributed by atoms with van der Waals surface area (Å²) < 4.78 is 20.8. The lowest BCUT2D eigenvalue weighted by molar-refractivity contribution is -0.385. The molecule has 0 N–H and O–H groups in total. The molecular weight excluding hydrogens is 366 g/mol. The molecule has 28 heavy (non-hydrogen) atoms. The molecule has 0 spiro atoms. The Kier molecular flexibility index (Phi) is 6.97. The number of carbonyl (C=O) groups excluding carboxylic acids is 1. The van der Waals surface area contributed by atoms with Gasteiger partial charge in [-0.15, -0.1) is 0 Å². The first kappa shape index (κ1) is 20.8. The average Bonchev–Trinajstić information content (AvgIpc) is 2.70. The first-order valence-electron chi connectivity index (χ1n) is 8.28. The van der Waals surface area contributed by atoms with Crippen molar-refractivity contribution in [2.45, 2.75) is 6.92 Å². The molecule has 0 fully saturated rings. The summed E-state index contributed by atoms with van der Waals surface area (Å²) in [5.41, 5.74) is 1.40. The molecule has 0 heterocycles. The normalized spacial score (nSPS) is 10.9. The maximum Gasteiger partial charge on any atom is 0.337 e. The highest BCUT2D eigenvalue weighted by Crippen LogP contribution is 2.30. The summed E-state index contributed by atoms with van der Waals surface area (Å²) in [6.45, 7) is 1.54. The van der Waals surface area contributed by atoms with Crippen LogP contribution in [0.1, 0.15) is 11.1 Å². The van der Waals surface area contributed by atoms with Gasteiger partial charge in [0.15, 0.2) is 17.2 Å². The standard InChI is InChI=1S/C20H21NO7/c1-13-5-7-17(16(9-13)21(23)24)28-12-15(20(22)27-4)10-14-6-8-18(25-2)19(11-14)26-3/h5-11H,12H2,1-4H3/b15-10+. The zero-order valence-corrected chi connectivity index (χ0v) is 16.1. The van der Waals surface area contributed by atoms with E-state index in [9.17, 15) is 14.9 Å². The molecule has 8 nitrogen and oxygen atoms in total. The third kappa shape index (κ3) is 5.00. The van der Waals surface area contributed by atoms with Crippen molar-refractivity contribution in [2.75, 3.05) is 27.9 Å². The van der Waals surface area contributed by atoms with Gasteiger partial charge in [-0.2, -0.15) is 0 Å². The van der Waals surface area contributed by atoms with Gasteiger partial charge in [0.05, 0.1) is 31.8 Å². The largest absolute Gasteiger partial charge is 0.493 e. The molecule has 148 valence electrons. The van der Waals surface area contributed by atoms with Crippen LogP contribution in [0.3, 0.4) is 0 Å². The molecule has 0 radical (unpaired) electrons. The van der Waals surface area contributed by atoms with Crippen molar-refractivity contribution < 1.29 is 28.7 Å². The van der Waals surface area contributed by atoms with Crippen LogP contribution in [0.4, 0.5) is 5.69 Å². The molecule has 0 aliphatic carbocycles. The molecule has 8 heteroatoms. The Balaban J connectivity index is 2.32. The first-order valence-corrected chi connectivity index (χ1v) is 8.28. The van der Waals surface area contributed by atoms with Gasteiger partial charge in [-0.05, 0) is 42.3 Å². The lowest BCUT2D eigenvalue weighted by Crippen LogP contribution is -2.13. The number of carbonyl (C=O) groups is 1. The van der Waals surface area contributed by atoms with Gasteiger partial charge in [-0.25, -0.2) is 4.79 Å². The second-order valence-electron chi connectivity index (χ2n) is 5.79. The van der Waals surface area contributed by atoms with Crippen LogP contribution in [0, 0.1) is 17.0 Å². The van der Waals surface area contributed by atoms with Gasteiger partial charge in [-0.3, -0.25) is 10.1 Å². The van der Waals surface area contributed by atoms with E-state index in [-0.39, 0.29) is 23.6 Å². The summed E-state index contributed by atoms with van der Waals surface area (Å²) >= 11 is 0. The van der Waals surface area contributed by atoms with Crippen molar-refractivity contribution in [1.29, 1.82) is 0 Å². The zero-order chi connectivity index (χ0) is 20.7. The molecule has 2 aromatic carbocycles. The maximum atomic E-state index is 12.1. The van der Waals surface area contributed by atoms with Crippen LogP contribution in [0.15, 0.2) is 42.0 Å². The molecule has 0 aliphatic heterocycles. The van der Waals surface area contributed by atoms with Crippen LogP contribution in [-0.4, -0.2) is 38.8 Å². The highest BCUT2D eigenvalue weighted by molar-refractivity contribution is 5.94. The van der Waals surface area contributed by atoms with Gasteiger partial charge in [0, 0.05) is 6.07 Å². The van der Waals surface area contributed by atoms with Crippen molar-refractivity contribution in [3.8, 4) is 17.2 Å². The minimum atomic E-state index is -0.607. The van der Waals surface area contributed by atoms with Crippen molar-refractivity contribution in [3.05, 3.63) is 63.2 Å². The van der Waals surface area contributed by atoms with E-state index in [1.165, 1.54) is 33.5 Å². The lowest BCUT2D eigenvalue weighted by atomic mass is 10.1. The maximum absolute atomic E-state index is 12.1. The summed E-state index contributed by atoms with van der Waals surface area (Å²) in [6.07, 6.45) is 1.56. The van der Waals surface area contributed by atoms with E-state index in [0.717, 1.165) is 5.56 Å². The number of nitrogens with zero attached hydrogens (tertiary/aromatic N) is 1. The Morgan fingerprint density at radius 1 is 1.04 bits per heavy atom. The summed E-state index contributed by atoms with van der Waals surface area (Å²) in [6, 6.07) is 9.72. The van der Waals surface area contributed by atoms with Crippen LogP contribution in [-0.2, 0) is 9.53 Å². The first-order chi connectivity index (χ1) is 13.4. The van der Waals surface area contributed by atoms with Gasteiger partial charge in [-0.1, -0.05) is 12.1 Å². The summed E-state index contributed by atoms with van der Waals surface area (Å²) in [4.78, 5) is 22.8. The number of rotatable bonds is 8. The highest BCUT2D eigenvalue weighted by Gasteiger charge is 2.18. The van der Waals surface area contributed by atoms with E-state index in [1.807, 2.05) is 0 Å². The van der Waals surface area contributed by atoms with Gasteiger partial charge >= 0.3 is 11.7 Å². The highest BCUT2D eigenvalue weighted by atomic mass is 16.6. The fraction of sp³-hybridized carbons (Fsp3) is 0.250. The topological polar surface area (TPSA) is 97.1 Å². The smallest absolute Gasteiger partial charge is 0.337 e. The van der Waals surface area contributed by atoms with Gasteiger partial charge in [0.1, 0.15) is 6.61 Å². The van der Waals surface area contributed by atoms with E-state index in [0.29, 0.717) is 17.1 Å². The van der Waals surface area contributed by atoms with E-state index >= 15 is 0 Å². The Labute approximate surface area is 162 Å². The van der Waals surface area contributed by atoms with Crippen molar-refractivity contribution in [2.24, 2.45) is 0 Å². The fourth-order valence-corrected chi connectivity index (χ4v) is 2.48. The van der Waals surface area contributed by atoms with Crippen molar-refractivity contribution in [1.82, 2.24) is 0 Å². The van der Waals surface area contributed by atoms with Gasteiger partial charge in [0.2, 0.25) is 0 Å². The van der Waals surface area contributed by atoms with E-state index in [4.69, 9.17) is 18.9 Å². The molecule has 0 unspecified atom stereocenters. The SMILES string of the molecule is COC(=O)/C(=C/c1ccc(OC)c(OC)c1)COc1ccc(C)cc1[N+](=O)[O-]. The van der Waals surface area contributed by atoms with E-state index in [2.05, 4.69) is 0 Å². The number of benzene rings is 2. The Hall–Kier alpha value is -3.55. The third-order valence-electron chi connectivity index (χ3n) is 3.89. The monoisotopic (exact) mass is 387 g/mol. The number of esters is 1. The van der Waals surface area contributed by atoms with Crippen LogP contribution < -0.4 is 14.2 Å². The molecule has 0 saturated heterocycles. The summed E-state index contributed by atoms with van der Waals surface area (Å²) in [5.74, 6) is 0.503. The number of aryl methyl sites for hydroxylation is 1. The van der Waals surface area contributed by atoms with Crippen molar-refractivity contribution >= 4 is 17.7 Å². The zero-order valence-electron chi connectivity index (χ0n) is 16.1. The van der Waals surface area contributed by atoms with Crippen LogP contribution in [0.5, 0.6) is 17.2 Å². The predicted octanol–water partition coefficient (Wildman–Crippen LogP) is 3.56. The molecule has 2 aromatic rings. The molecule has 2 rings (SSSR count). The Morgan fingerprint density at radius 2 is 1.71 bits per heavy atom. The molecule has 0 amide bonds. The van der Waals surface area contributed by atoms with Crippen molar-refractivity contribution in [3.63, 3.8) is 0 Å². The van der Waals surface area contributed by atoms with E-state index in [1.54, 1.807) is 37.3 Å². The summed E-state index contributed by atoms with van der Waals surface area (Å²) in [5, 5.41) is 11.2. The predicted molar refractivity (Wildman–Crippen MR) is 103 cm³/mol. The fourth-order valence-electron chi connectivity index (χ4n) is 2.48. The third-order valence-corrected chi connectivity index (χ3v) is 3.89. The minimum absolute atomic E-state index is 0.0673. The van der Waals surface area contributed by atoms with Gasteiger partial charge < -0.3 is 18.9 Å². The van der Waals surface area contributed by atoms with E-state index < -0.39 is 10.9 Å². The quantitative estimate of drug-likeness (QED) is 0.296. The number of nitro groups is 1. The van der Waals surface area contributed by atoms with Crippen LogP contribution in [0.25, 0.3) is 6.08 Å². The number of ether oxygens (including phenoxy) is 4. The van der Waals surface area contributed by atoms with Gasteiger partial charge in [0.25, 0.3) is 0 Å². The van der Waals surface area contributed by atoms with Crippen LogP contribution in [0.2, 0.25) is 0 Å². The lowest BCUT2D eigenvalue weighted by Gasteiger charge is -2.11. The Morgan fingerprint density at radius 3 is 2.32 bits per heavy atom. The molecule has 0 bridgehead atoms. The Bertz CT molecular complexity index is 905. The number of nitro benzene ring substituents is 1. The molecule has 0 atom stereocenters. The molecule has 0 aliphatic rings. The second-order valence-corrected chi connectivity index (χ2v) is 5.79. The summed E-state index contributed by atoms with van der Waals surface area (Å²) in [7, 11) is 4.28. The number of methoxy groups -OCH3 is 3. The van der Waals surface area contributed by atoms with Crippen LogP contribution >= 0.6 is 0 Å². The average molecular weight is 387 g/mol. The molecule has 0 aromatic heterocycles. The minimum Gasteiger partial charge on any atom is -0.493 e. The molecule has 0 saturated carbocycles. The number of hydrogen-bond acceptors (Lipinski definition) is 7. The molecular formula is C20H21NO7. The second kappa shape index (κ2) is 9.40.